The van der Waals surface area contributed by atoms with Crippen LogP contribution in [0.2, 0.25) is 0 Å². The molecule has 0 bridgehead atoms. The van der Waals surface area contributed by atoms with E-state index >= 15 is 0 Å². The van der Waals surface area contributed by atoms with Crippen molar-refractivity contribution in [3.63, 3.8) is 0 Å². The van der Waals surface area contributed by atoms with Gasteiger partial charge in [0.2, 0.25) is 0 Å². The quantitative estimate of drug-likeness (QED) is 0.627. The second-order valence-corrected chi connectivity index (χ2v) is 15.0. The van der Waals surface area contributed by atoms with E-state index in [2.05, 4.69) is 0 Å². The van der Waals surface area contributed by atoms with Gasteiger partial charge in [-0.05, 0) is 83.5 Å². The first-order valence-electron chi connectivity index (χ1n) is 12.4. The molecule has 4 fully saturated rings. The molecule has 4 aliphatic rings. The average molecular weight is 395 g/mol. The molecular formula is C24H43O2P. The monoisotopic (exact) mass is 394 g/mol. The first-order chi connectivity index (χ1) is 13.2. The Balaban J connectivity index is 1.75. The van der Waals surface area contributed by atoms with Crippen molar-refractivity contribution in [2.45, 2.75) is 150 Å². The van der Waals surface area contributed by atoms with Crippen molar-refractivity contribution in [3.8, 4) is 0 Å². The van der Waals surface area contributed by atoms with Gasteiger partial charge in [0.25, 0.3) is 0 Å². The molecule has 156 valence electrons. The zero-order valence-electron chi connectivity index (χ0n) is 17.5. The average Bonchev–Trinajstić information content (AvgIpc) is 2.73. The van der Waals surface area contributed by atoms with Gasteiger partial charge >= 0.3 is 0 Å². The van der Waals surface area contributed by atoms with E-state index in [1.807, 2.05) is 0 Å². The van der Waals surface area contributed by atoms with E-state index in [-0.39, 0.29) is 12.2 Å². The summed E-state index contributed by atoms with van der Waals surface area (Å²) >= 11 is 0. The van der Waals surface area contributed by atoms with Crippen molar-refractivity contribution in [3.05, 3.63) is 0 Å². The molecule has 0 aromatic carbocycles. The minimum atomic E-state index is -1.36. The summed E-state index contributed by atoms with van der Waals surface area (Å²) in [7, 11) is -1.36. The first kappa shape index (κ1) is 20.6. The fraction of sp³-hybridized carbons (Fsp3) is 1.00. The highest BCUT2D eigenvalue weighted by Crippen LogP contribution is 2.81. The number of rotatable bonds is 4. The summed E-state index contributed by atoms with van der Waals surface area (Å²) in [5, 5.41) is 24.1. The maximum atomic E-state index is 13.5. The first-order valence-corrected chi connectivity index (χ1v) is 14.5. The Labute approximate surface area is 168 Å². The van der Waals surface area contributed by atoms with Crippen LogP contribution in [0.15, 0.2) is 0 Å². The van der Waals surface area contributed by atoms with Crippen molar-refractivity contribution >= 4 is 7.26 Å². The maximum Gasteiger partial charge on any atom is 0.0705 e. The zero-order chi connectivity index (χ0) is 18.7. The standard InChI is InChI=1S/C24H43O2P/c25-19-16-17-23(26)24(18-19)27(20-10-4-1-5-11-20,21-12-6-2-7-13-21)22-14-8-3-9-15-22/h19-25H,1-18H2. The highest BCUT2D eigenvalue weighted by molar-refractivity contribution is 7.78. The molecule has 0 radical (unpaired) electrons. The molecule has 4 aliphatic carbocycles. The summed E-state index contributed by atoms with van der Waals surface area (Å²) in [5.74, 6) is 0. The van der Waals surface area contributed by atoms with E-state index in [1.54, 1.807) is 0 Å². The Bertz CT molecular complexity index is 404. The lowest BCUT2D eigenvalue weighted by Gasteiger charge is -2.57. The normalized spacial score (nSPS) is 36.0. The topological polar surface area (TPSA) is 43.3 Å². The van der Waals surface area contributed by atoms with E-state index in [1.165, 1.54) is 96.3 Å². The van der Waals surface area contributed by atoms with E-state index in [0.29, 0.717) is 5.66 Å². The van der Waals surface area contributed by atoms with Crippen LogP contribution < -0.4 is 5.11 Å². The predicted octanol–water partition coefficient (Wildman–Crippen LogP) is 5.64. The van der Waals surface area contributed by atoms with Gasteiger partial charge in [0.05, 0.1) is 28.7 Å². The van der Waals surface area contributed by atoms with Crippen molar-refractivity contribution in [2.75, 3.05) is 0 Å². The number of aliphatic hydroxyl groups excluding tert-OH is 1. The molecule has 4 rings (SSSR count). The summed E-state index contributed by atoms with van der Waals surface area (Å²) in [6, 6.07) is 0. The van der Waals surface area contributed by atoms with E-state index in [0.717, 1.165) is 36.2 Å². The van der Waals surface area contributed by atoms with Crippen LogP contribution in [0.1, 0.15) is 116 Å². The van der Waals surface area contributed by atoms with Gasteiger partial charge in [0, 0.05) is 13.7 Å². The van der Waals surface area contributed by atoms with Crippen molar-refractivity contribution in [1.29, 1.82) is 0 Å². The Hall–Kier alpha value is 0.350. The van der Waals surface area contributed by atoms with Gasteiger partial charge < -0.3 is 10.2 Å². The van der Waals surface area contributed by atoms with E-state index < -0.39 is 7.26 Å². The summed E-state index contributed by atoms with van der Waals surface area (Å²) in [4.78, 5) is 0. The lowest BCUT2D eigenvalue weighted by Crippen LogP contribution is -2.53. The molecule has 0 amide bonds. The molecule has 0 spiro atoms. The molecule has 3 heteroatoms. The Morgan fingerprint density at radius 1 is 0.556 bits per heavy atom. The number of hydrogen-bond acceptors (Lipinski definition) is 2. The van der Waals surface area contributed by atoms with Gasteiger partial charge in [0.1, 0.15) is 0 Å². The lowest BCUT2D eigenvalue weighted by atomic mass is 9.94. The van der Waals surface area contributed by atoms with Gasteiger partial charge in [0.15, 0.2) is 0 Å². The third-order valence-electron chi connectivity index (χ3n) is 8.92. The summed E-state index contributed by atoms with van der Waals surface area (Å²) < 4.78 is 0. The largest absolute Gasteiger partial charge is 0.849 e. The Morgan fingerprint density at radius 3 is 1.37 bits per heavy atom. The molecule has 2 nitrogen and oxygen atoms in total. The maximum absolute atomic E-state index is 13.5. The van der Waals surface area contributed by atoms with Crippen LogP contribution in [0.5, 0.6) is 0 Å². The van der Waals surface area contributed by atoms with E-state index in [4.69, 9.17) is 0 Å². The van der Waals surface area contributed by atoms with Gasteiger partial charge in [-0.2, -0.15) is 0 Å². The van der Waals surface area contributed by atoms with Crippen molar-refractivity contribution in [1.82, 2.24) is 0 Å². The van der Waals surface area contributed by atoms with Gasteiger partial charge in [-0.1, -0.05) is 31.8 Å². The van der Waals surface area contributed by atoms with Gasteiger partial charge in [-0.15, -0.1) is 0 Å². The highest BCUT2D eigenvalue weighted by atomic mass is 31.2. The van der Waals surface area contributed by atoms with Crippen LogP contribution in [-0.2, 0) is 0 Å². The SMILES string of the molecule is [O-]C1CCC(O)CC1[P+](C1CCCCC1)(C1CCCCC1)C1CCCCC1. The van der Waals surface area contributed by atoms with Crippen molar-refractivity contribution < 1.29 is 10.2 Å². The Kier molecular flexibility index (Phi) is 7.21. The second kappa shape index (κ2) is 9.44. The minimum Gasteiger partial charge on any atom is -0.849 e. The zero-order valence-corrected chi connectivity index (χ0v) is 18.4. The summed E-state index contributed by atoms with van der Waals surface area (Å²) in [6.45, 7) is 0. The molecule has 0 aromatic heterocycles. The fourth-order valence-corrected chi connectivity index (χ4v) is 16.4. The summed E-state index contributed by atoms with van der Waals surface area (Å²) in [5.41, 5.74) is 2.99. The molecule has 0 aromatic rings. The molecular weight excluding hydrogens is 351 g/mol. The third-order valence-corrected chi connectivity index (χ3v) is 16.0. The summed E-state index contributed by atoms with van der Waals surface area (Å²) in [6.07, 6.45) is 23.0. The van der Waals surface area contributed by atoms with Gasteiger partial charge in [-0.3, -0.25) is 0 Å². The van der Waals surface area contributed by atoms with Gasteiger partial charge in [-0.25, -0.2) is 0 Å². The molecule has 3 atom stereocenters. The minimum absolute atomic E-state index is 0.185. The fourth-order valence-electron chi connectivity index (χ4n) is 7.86. The van der Waals surface area contributed by atoms with Crippen LogP contribution in [0, 0.1) is 0 Å². The lowest BCUT2D eigenvalue weighted by molar-refractivity contribution is -0.425. The molecule has 3 unspecified atom stereocenters. The van der Waals surface area contributed by atoms with E-state index in [9.17, 15) is 10.2 Å². The molecule has 4 saturated carbocycles. The highest BCUT2D eigenvalue weighted by Gasteiger charge is 2.62. The molecule has 0 aliphatic heterocycles. The van der Waals surface area contributed by atoms with Crippen molar-refractivity contribution in [2.24, 2.45) is 0 Å². The predicted molar refractivity (Wildman–Crippen MR) is 115 cm³/mol. The van der Waals surface area contributed by atoms with Crippen LogP contribution in [0.25, 0.3) is 0 Å². The molecule has 0 saturated heterocycles. The smallest absolute Gasteiger partial charge is 0.0705 e. The van der Waals surface area contributed by atoms with Crippen LogP contribution >= 0.6 is 7.26 Å². The molecule has 1 N–H and O–H groups in total. The van der Waals surface area contributed by atoms with Crippen LogP contribution in [0.3, 0.4) is 0 Å². The Morgan fingerprint density at radius 2 is 0.963 bits per heavy atom. The molecule has 0 heterocycles. The third kappa shape index (κ3) is 4.15. The van der Waals surface area contributed by atoms with Crippen LogP contribution in [0.4, 0.5) is 0 Å². The number of hydrogen-bond donors (Lipinski definition) is 1. The number of aliphatic hydroxyl groups is 1. The second-order valence-electron chi connectivity index (χ2n) is 10.3. The molecule has 27 heavy (non-hydrogen) atoms. The van der Waals surface area contributed by atoms with Crippen LogP contribution in [-0.4, -0.2) is 40.0 Å².